The second kappa shape index (κ2) is 10.0. The summed E-state index contributed by atoms with van der Waals surface area (Å²) >= 11 is 0. The molecule has 3 aromatic heterocycles. The van der Waals surface area contributed by atoms with Crippen LogP contribution in [-0.2, 0) is 14.4 Å². The van der Waals surface area contributed by atoms with Crippen LogP contribution < -0.4 is 0 Å². The van der Waals surface area contributed by atoms with Gasteiger partial charge in [-0.15, -0.1) is 4.91 Å². The Balaban J connectivity index is 0.000000383. The number of halogens is 3. The van der Waals surface area contributed by atoms with Crippen LogP contribution in [0.4, 0.5) is 13.2 Å². The molecule has 1 aliphatic carbocycles. The largest absolute Gasteiger partial charge is 0.490 e. The van der Waals surface area contributed by atoms with Crippen molar-refractivity contribution in [3.63, 3.8) is 0 Å². The number of aromatic nitrogens is 5. The van der Waals surface area contributed by atoms with E-state index in [0.29, 0.717) is 0 Å². The molecule has 3 aromatic rings. The number of rotatable bonds is 4. The number of allylic oxidation sites excluding steroid dienone is 1. The van der Waals surface area contributed by atoms with Gasteiger partial charge in [-0.1, -0.05) is 5.57 Å². The van der Waals surface area contributed by atoms with Gasteiger partial charge in [0.05, 0.1) is 17.9 Å². The Morgan fingerprint density at radius 2 is 1.97 bits per heavy atom. The number of carboxylic acid groups (broad SMARTS) is 1. The number of nitrogens with one attached hydrogen (secondary N) is 1. The van der Waals surface area contributed by atoms with Crippen LogP contribution in [0.25, 0.3) is 22.3 Å². The lowest BCUT2D eigenvalue weighted by atomic mass is 9.90. The summed E-state index contributed by atoms with van der Waals surface area (Å²) in [5.41, 5.74) is 3.56. The zero-order valence-corrected chi connectivity index (χ0v) is 16.8. The third-order valence-corrected chi connectivity index (χ3v) is 4.89. The van der Waals surface area contributed by atoms with E-state index < -0.39 is 18.1 Å². The number of fused-ring (bicyclic) bond motifs is 1. The standard InChI is InChI=1S/C17H16N6O3.C2HF3O2/c24-15(26-22-25)7-11-1-3-13(4-2-11)23-9-12(8-21-23)16-14-5-6-18-17(14)20-10-19-16;3-2(4,5)1(6)7/h5-10,13H,1-4H2,(H,18,19,20);(H,6,7). The van der Waals surface area contributed by atoms with Gasteiger partial charge in [0.1, 0.15) is 12.0 Å². The first kappa shape index (κ1) is 23.6. The van der Waals surface area contributed by atoms with Crippen molar-refractivity contribution >= 4 is 23.0 Å². The molecule has 3 heterocycles. The number of alkyl halides is 3. The maximum absolute atomic E-state index is 11.3. The number of hydrogen-bond donors (Lipinski definition) is 2. The first-order chi connectivity index (χ1) is 15.7. The predicted octanol–water partition coefficient (Wildman–Crippen LogP) is 3.72. The first-order valence-electron chi connectivity index (χ1n) is 9.55. The molecule has 33 heavy (non-hydrogen) atoms. The summed E-state index contributed by atoms with van der Waals surface area (Å²) in [6.45, 7) is 0. The molecule has 0 aliphatic heterocycles. The van der Waals surface area contributed by atoms with Crippen LogP contribution in [0, 0.1) is 4.91 Å². The van der Waals surface area contributed by atoms with E-state index in [4.69, 9.17) is 9.90 Å². The highest BCUT2D eigenvalue weighted by Gasteiger charge is 2.38. The third-order valence-electron chi connectivity index (χ3n) is 4.89. The minimum Gasteiger partial charge on any atom is -0.475 e. The molecule has 174 valence electrons. The number of H-pyrrole nitrogens is 1. The van der Waals surface area contributed by atoms with E-state index in [-0.39, 0.29) is 6.04 Å². The van der Waals surface area contributed by atoms with Crippen molar-refractivity contribution in [1.29, 1.82) is 0 Å². The minimum atomic E-state index is -5.08. The highest BCUT2D eigenvalue weighted by atomic mass is 19.4. The minimum absolute atomic E-state index is 0.254. The van der Waals surface area contributed by atoms with Crippen LogP contribution in [0.1, 0.15) is 31.7 Å². The Hall–Kier alpha value is -4.10. The molecule has 4 rings (SSSR count). The Kier molecular flexibility index (Phi) is 7.15. The molecule has 0 atom stereocenters. The molecule has 14 heteroatoms. The Morgan fingerprint density at radius 3 is 2.61 bits per heavy atom. The van der Waals surface area contributed by atoms with Crippen LogP contribution in [-0.4, -0.2) is 48.0 Å². The van der Waals surface area contributed by atoms with Crippen LogP contribution in [0.3, 0.4) is 0 Å². The van der Waals surface area contributed by atoms with E-state index in [1.165, 1.54) is 12.4 Å². The lowest BCUT2D eigenvalue weighted by Gasteiger charge is -2.24. The van der Waals surface area contributed by atoms with E-state index in [9.17, 15) is 22.9 Å². The zero-order valence-electron chi connectivity index (χ0n) is 16.8. The number of aliphatic carboxylic acids is 1. The number of hydrogen-bond acceptors (Lipinski definition) is 8. The smallest absolute Gasteiger partial charge is 0.475 e. The fourth-order valence-corrected chi connectivity index (χ4v) is 3.37. The van der Waals surface area contributed by atoms with Crippen LogP contribution >= 0.6 is 0 Å². The summed E-state index contributed by atoms with van der Waals surface area (Å²) < 4.78 is 33.7. The molecule has 11 nitrogen and oxygen atoms in total. The molecule has 2 N–H and O–H groups in total. The maximum Gasteiger partial charge on any atom is 0.490 e. The number of carboxylic acids is 1. The zero-order chi connectivity index (χ0) is 24.0. The number of aromatic amines is 1. The fraction of sp³-hybridized carbons (Fsp3) is 0.316. The average Bonchev–Trinajstić information content (AvgIpc) is 3.44. The topological polar surface area (TPSA) is 152 Å². The fourth-order valence-electron chi connectivity index (χ4n) is 3.37. The normalized spacial score (nSPS) is 16.0. The van der Waals surface area contributed by atoms with Gasteiger partial charge < -0.3 is 10.1 Å². The van der Waals surface area contributed by atoms with Gasteiger partial charge in [-0.05, 0) is 31.7 Å². The number of carbonyl (C=O) groups excluding carboxylic acids is 1. The molecular formula is C19H17F3N6O5. The van der Waals surface area contributed by atoms with E-state index in [1.54, 1.807) is 0 Å². The lowest BCUT2D eigenvalue weighted by Crippen LogP contribution is -2.21. The van der Waals surface area contributed by atoms with Gasteiger partial charge in [-0.25, -0.2) is 19.6 Å². The third kappa shape index (κ3) is 5.99. The number of nitrogens with zero attached hydrogens (tertiary/aromatic N) is 5. The van der Waals surface area contributed by atoms with E-state index in [2.05, 4.69) is 30.2 Å². The van der Waals surface area contributed by atoms with Crippen molar-refractivity contribution in [1.82, 2.24) is 24.7 Å². The number of carbonyl (C=O) groups is 2. The summed E-state index contributed by atoms with van der Waals surface area (Å²) in [6, 6.07) is 2.21. The molecule has 1 fully saturated rings. The molecule has 0 saturated heterocycles. The van der Waals surface area contributed by atoms with Gasteiger partial charge in [0.25, 0.3) is 0 Å². The van der Waals surface area contributed by atoms with Gasteiger partial charge in [0.15, 0.2) is 5.34 Å². The Labute approximate surface area is 183 Å². The molecule has 0 amide bonds. The van der Waals surface area contributed by atoms with Crippen molar-refractivity contribution < 1.29 is 32.7 Å². The molecule has 0 aromatic carbocycles. The first-order valence-corrected chi connectivity index (χ1v) is 9.55. The Morgan fingerprint density at radius 1 is 1.27 bits per heavy atom. The predicted molar refractivity (Wildman–Crippen MR) is 106 cm³/mol. The molecule has 0 unspecified atom stereocenters. The quantitative estimate of drug-likeness (QED) is 0.335. The van der Waals surface area contributed by atoms with Crippen molar-refractivity contribution in [2.75, 3.05) is 0 Å². The van der Waals surface area contributed by atoms with Gasteiger partial charge in [0, 0.05) is 29.4 Å². The van der Waals surface area contributed by atoms with Crippen molar-refractivity contribution in [3.8, 4) is 11.3 Å². The molecule has 0 spiro atoms. The van der Waals surface area contributed by atoms with E-state index in [1.807, 2.05) is 29.3 Å². The van der Waals surface area contributed by atoms with E-state index >= 15 is 0 Å². The molecule has 1 aliphatic rings. The van der Waals surface area contributed by atoms with Crippen molar-refractivity contribution in [2.45, 2.75) is 37.9 Å². The monoisotopic (exact) mass is 466 g/mol. The van der Waals surface area contributed by atoms with Crippen molar-refractivity contribution in [3.05, 3.63) is 47.5 Å². The van der Waals surface area contributed by atoms with Gasteiger partial charge in [0.2, 0.25) is 0 Å². The molecule has 0 bridgehead atoms. The SMILES string of the molecule is O=C(O)C(F)(F)F.O=NOC(=O)C=C1CCC(n2cc(-c3ncnc4[nH]ccc34)cn2)CC1. The summed E-state index contributed by atoms with van der Waals surface area (Å²) in [6.07, 6.45) is 6.69. The average molecular weight is 466 g/mol. The van der Waals surface area contributed by atoms with Crippen LogP contribution in [0.5, 0.6) is 0 Å². The summed E-state index contributed by atoms with van der Waals surface area (Å²) in [4.78, 5) is 45.8. The lowest BCUT2D eigenvalue weighted by molar-refractivity contribution is -0.192. The molecule has 1 saturated carbocycles. The van der Waals surface area contributed by atoms with E-state index in [0.717, 1.165) is 53.5 Å². The Bertz CT molecular complexity index is 1180. The van der Waals surface area contributed by atoms with Gasteiger partial charge in [-0.3, -0.25) is 9.52 Å². The highest BCUT2D eigenvalue weighted by Crippen LogP contribution is 2.33. The van der Waals surface area contributed by atoms with Crippen LogP contribution in [0.15, 0.2) is 48.0 Å². The van der Waals surface area contributed by atoms with Gasteiger partial charge in [-0.2, -0.15) is 18.3 Å². The van der Waals surface area contributed by atoms with Gasteiger partial charge >= 0.3 is 18.1 Å². The maximum atomic E-state index is 11.3. The highest BCUT2D eigenvalue weighted by molar-refractivity contribution is 5.90. The summed E-state index contributed by atoms with van der Waals surface area (Å²) in [5.74, 6) is -3.47. The van der Waals surface area contributed by atoms with Crippen LogP contribution in [0.2, 0.25) is 0 Å². The summed E-state index contributed by atoms with van der Waals surface area (Å²) in [7, 11) is 0. The van der Waals surface area contributed by atoms with Crippen molar-refractivity contribution in [2.24, 2.45) is 5.34 Å². The second-order valence-electron chi connectivity index (χ2n) is 6.99. The second-order valence-corrected chi connectivity index (χ2v) is 6.99. The molecule has 0 radical (unpaired) electrons. The molecular weight excluding hydrogens is 449 g/mol. The summed E-state index contributed by atoms with van der Waals surface area (Å²) in [5, 5.41) is 14.7.